The van der Waals surface area contributed by atoms with Gasteiger partial charge in [-0.15, -0.1) is 0 Å². The Balaban J connectivity index is 1.57. The van der Waals surface area contributed by atoms with Crippen molar-refractivity contribution in [1.29, 1.82) is 0 Å². The van der Waals surface area contributed by atoms with Crippen LogP contribution in [0.2, 0.25) is 0 Å². The molecule has 0 aromatic heterocycles. The van der Waals surface area contributed by atoms with Crippen LogP contribution in [-0.4, -0.2) is 14.8 Å². The molecule has 2 heterocycles. The molecule has 0 radical (unpaired) electrons. The molecule has 2 aliphatic heterocycles. The summed E-state index contributed by atoms with van der Waals surface area (Å²) in [5.41, 5.74) is 5.84. The lowest BCUT2D eigenvalue weighted by Gasteiger charge is -2.14. The van der Waals surface area contributed by atoms with Crippen LogP contribution in [0.3, 0.4) is 0 Å². The first-order valence-electron chi connectivity index (χ1n) is 8.90. The van der Waals surface area contributed by atoms with Gasteiger partial charge in [0.15, 0.2) is 0 Å². The topological polar surface area (TPSA) is 50.7 Å². The van der Waals surface area contributed by atoms with Crippen LogP contribution < -0.4 is 5.56 Å². The molecule has 0 saturated carbocycles. The van der Waals surface area contributed by atoms with Crippen molar-refractivity contribution in [2.24, 2.45) is 0 Å². The molecule has 3 aromatic carbocycles. The minimum atomic E-state index is -0.149. The molecule has 0 atom stereocenters. The molecular formula is C23H17N3O. The predicted octanol–water partition coefficient (Wildman–Crippen LogP) is 4.54. The number of H-pyrrole nitrogens is 1. The number of nitrogens with zero attached hydrogens (tertiary/aromatic N) is 2. The maximum absolute atomic E-state index is 12.1. The Morgan fingerprint density at radius 1 is 0.815 bits per heavy atom. The molecule has 2 aliphatic rings. The predicted molar refractivity (Wildman–Crippen MR) is 108 cm³/mol. The SMILES string of the molecule is O=c1[nH]nc2c3ccccc3n(Cc3ccc(-c4ccccc4)cc3)cc1-2. The average molecular weight is 351 g/mol. The standard InChI is InChI=1S/C23H17N3O/c27-23-20-15-26(21-9-5-4-8-19(21)22(20)24-25-23)14-16-10-12-18(13-11-16)17-6-2-1-3-7-17/h1-13,15H,14H2,(H,25,27). The summed E-state index contributed by atoms with van der Waals surface area (Å²) in [5, 5.41) is 7.74. The van der Waals surface area contributed by atoms with Crippen molar-refractivity contribution >= 4 is 10.9 Å². The number of benzene rings is 3. The zero-order chi connectivity index (χ0) is 18.2. The summed E-state index contributed by atoms with van der Waals surface area (Å²) in [6, 6.07) is 27.0. The first-order chi connectivity index (χ1) is 13.3. The van der Waals surface area contributed by atoms with E-state index in [1.165, 1.54) is 16.7 Å². The van der Waals surface area contributed by atoms with Crippen molar-refractivity contribution in [2.45, 2.75) is 6.54 Å². The lowest BCUT2D eigenvalue weighted by Crippen LogP contribution is -2.07. The number of nitrogens with one attached hydrogen (secondary N) is 1. The second-order valence-electron chi connectivity index (χ2n) is 6.65. The Bertz CT molecular complexity index is 1250. The zero-order valence-electron chi connectivity index (χ0n) is 14.6. The fraction of sp³-hybridized carbons (Fsp3) is 0.0435. The van der Waals surface area contributed by atoms with Gasteiger partial charge in [0.25, 0.3) is 5.56 Å². The van der Waals surface area contributed by atoms with E-state index >= 15 is 0 Å². The van der Waals surface area contributed by atoms with Gasteiger partial charge in [-0.05, 0) is 22.8 Å². The monoisotopic (exact) mass is 351 g/mol. The number of para-hydroxylation sites is 1. The number of hydrogen-bond donors (Lipinski definition) is 1. The van der Waals surface area contributed by atoms with Crippen molar-refractivity contribution in [3.05, 3.63) is 101 Å². The van der Waals surface area contributed by atoms with E-state index < -0.39 is 0 Å². The molecule has 27 heavy (non-hydrogen) atoms. The molecule has 0 bridgehead atoms. The highest BCUT2D eigenvalue weighted by molar-refractivity contribution is 5.93. The summed E-state index contributed by atoms with van der Waals surface area (Å²) in [5.74, 6) is 0. The number of fused-ring (bicyclic) bond motifs is 3. The maximum atomic E-state index is 12.1. The van der Waals surface area contributed by atoms with E-state index in [1.54, 1.807) is 0 Å². The molecule has 0 spiro atoms. The van der Waals surface area contributed by atoms with Gasteiger partial charge in [0, 0.05) is 18.1 Å². The van der Waals surface area contributed by atoms with Gasteiger partial charge in [0.2, 0.25) is 0 Å². The second-order valence-corrected chi connectivity index (χ2v) is 6.65. The number of aromatic amines is 1. The van der Waals surface area contributed by atoms with Crippen LogP contribution in [0.5, 0.6) is 0 Å². The van der Waals surface area contributed by atoms with E-state index in [0.29, 0.717) is 12.1 Å². The Labute approximate surface area is 156 Å². The third-order valence-corrected chi connectivity index (χ3v) is 4.94. The summed E-state index contributed by atoms with van der Waals surface area (Å²) in [6.45, 7) is 0.691. The van der Waals surface area contributed by atoms with E-state index in [1.807, 2.05) is 42.6 Å². The molecule has 0 aliphatic carbocycles. The van der Waals surface area contributed by atoms with Crippen LogP contribution in [0.4, 0.5) is 0 Å². The van der Waals surface area contributed by atoms with Crippen molar-refractivity contribution in [3.63, 3.8) is 0 Å². The van der Waals surface area contributed by atoms with E-state index in [9.17, 15) is 4.79 Å². The van der Waals surface area contributed by atoms with E-state index in [4.69, 9.17) is 0 Å². The van der Waals surface area contributed by atoms with E-state index in [0.717, 1.165) is 16.6 Å². The van der Waals surface area contributed by atoms with Gasteiger partial charge in [0.1, 0.15) is 5.69 Å². The minimum Gasteiger partial charge on any atom is -0.342 e. The first-order valence-corrected chi connectivity index (χ1v) is 8.90. The Hall–Kier alpha value is -3.66. The molecule has 0 fully saturated rings. The number of aromatic nitrogens is 3. The normalized spacial score (nSPS) is 11.3. The van der Waals surface area contributed by atoms with Crippen LogP contribution in [-0.2, 0) is 6.54 Å². The molecule has 5 rings (SSSR count). The third kappa shape index (κ3) is 2.72. The summed E-state index contributed by atoms with van der Waals surface area (Å²) in [6.07, 6.45) is 1.90. The first kappa shape index (κ1) is 15.6. The molecular weight excluding hydrogens is 334 g/mol. The number of pyridine rings is 1. The van der Waals surface area contributed by atoms with Crippen LogP contribution in [0.15, 0.2) is 89.9 Å². The summed E-state index contributed by atoms with van der Waals surface area (Å²) in [4.78, 5) is 12.1. The summed E-state index contributed by atoms with van der Waals surface area (Å²) >= 11 is 0. The lowest BCUT2D eigenvalue weighted by atomic mass is 10.0. The second kappa shape index (κ2) is 6.25. The maximum Gasteiger partial charge on any atom is 0.275 e. The fourth-order valence-corrected chi connectivity index (χ4v) is 3.57. The Morgan fingerprint density at radius 3 is 2.33 bits per heavy atom. The molecule has 0 unspecified atom stereocenters. The largest absolute Gasteiger partial charge is 0.342 e. The Kier molecular flexibility index (Phi) is 3.61. The number of rotatable bonds is 3. The van der Waals surface area contributed by atoms with Crippen LogP contribution >= 0.6 is 0 Å². The molecule has 0 saturated heterocycles. The minimum absolute atomic E-state index is 0.149. The van der Waals surface area contributed by atoms with E-state index in [2.05, 4.69) is 57.2 Å². The van der Waals surface area contributed by atoms with Crippen LogP contribution in [0.25, 0.3) is 33.3 Å². The quantitative estimate of drug-likeness (QED) is 0.519. The van der Waals surface area contributed by atoms with Gasteiger partial charge >= 0.3 is 0 Å². The molecule has 1 N–H and O–H groups in total. The molecule has 0 amide bonds. The van der Waals surface area contributed by atoms with Gasteiger partial charge in [-0.2, -0.15) is 5.10 Å². The highest BCUT2D eigenvalue weighted by Crippen LogP contribution is 2.27. The third-order valence-electron chi connectivity index (χ3n) is 4.94. The van der Waals surface area contributed by atoms with Crippen molar-refractivity contribution < 1.29 is 0 Å². The summed E-state index contributed by atoms with van der Waals surface area (Å²) in [7, 11) is 0. The van der Waals surface area contributed by atoms with E-state index in [-0.39, 0.29) is 5.56 Å². The highest BCUT2D eigenvalue weighted by Gasteiger charge is 2.16. The van der Waals surface area contributed by atoms with Gasteiger partial charge in [0.05, 0.1) is 11.1 Å². The average Bonchev–Trinajstić information content (AvgIpc) is 3.10. The van der Waals surface area contributed by atoms with Crippen molar-refractivity contribution in [3.8, 4) is 22.4 Å². The van der Waals surface area contributed by atoms with Crippen LogP contribution in [0, 0.1) is 0 Å². The van der Waals surface area contributed by atoms with Crippen molar-refractivity contribution in [1.82, 2.24) is 14.8 Å². The fourth-order valence-electron chi connectivity index (χ4n) is 3.57. The Morgan fingerprint density at radius 2 is 1.52 bits per heavy atom. The molecule has 4 nitrogen and oxygen atoms in total. The zero-order valence-corrected chi connectivity index (χ0v) is 14.6. The van der Waals surface area contributed by atoms with Gasteiger partial charge in [-0.3, -0.25) is 4.79 Å². The van der Waals surface area contributed by atoms with Crippen LogP contribution in [0.1, 0.15) is 5.56 Å². The number of hydrogen-bond acceptors (Lipinski definition) is 2. The summed E-state index contributed by atoms with van der Waals surface area (Å²) < 4.78 is 2.12. The molecule has 130 valence electrons. The molecule has 3 aromatic rings. The van der Waals surface area contributed by atoms with Gasteiger partial charge in [-0.25, -0.2) is 5.10 Å². The van der Waals surface area contributed by atoms with Gasteiger partial charge in [-0.1, -0.05) is 72.8 Å². The smallest absolute Gasteiger partial charge is 0.275 e. The van der Waals surface area contributed by atoms with Gasteiger partial charge < -0.3 is 4.57 Å². The lowest BCUT2D eigenvalue weighted by molar-refractivity contribution is 0.828. The molecule has 4 heteroatoms. The van der Waals surface area contributed by atoms with Crippen molar-refractivity contribution in [2.75, 3.05) is 0 Å². The highest BCUT2D eigenvalue weighted by atomic mass is 16.1.